The lowest BCUT2D eigenvalue weighted by Crippen LogP contribution is -2.17. The minimum Gasteiger partial charge on any atom is -0.467 e. The Morgan fingerprint density at radius 3 is 2.50 bits per heavy atom. The van der Waals surface area contributed by atoms with Gasteiger partial charge in [-0.05, 0) is 0 Å². The summed E-state index contributed by atoms with van der Waals surface area (Å²) in [5, 5.41) is 0. The first kappa shape index (κ1) is 10.6. The number of hydrogen-bond donors (Lipinski definition) is 0. The van der Waals surface area contributed by atoms with Gasteiger partial charge in [0, 0.05) is 11.6 Å². The Hall–Kier alpha value is -1.45. The highest BCUT2D eigenvalue weighted by molar-refractivity contribution is 5.76. The van der Waals surface area contributed by atoms with Gasteiger partial charge < -0.3 is 4.74 Å². The summed E-state index contributed by atoms with van der Waals surface area (Å²) in [6.07, 6.45) is 2.25. The summed E-state index contributed by atoms with van der Waals surface area (Å²) in [5.74, 6) is 0. The molecule has 0 atom stereocenters. The molecule has 0 bridgehead atoms. The lowest BCUT2D eigenvalue weighted by atomic mass is 9.89. The number of carbonyl (C=O) groups excluding carboxylic acids is 1. The Kier molecular flexibility index (Phi) is 2.84. The first-order valence-corrected chi connectivity index (χ1v) is 4.35. The van der Waals surface area contributed by atoms with Crippen LogP contribution in [0.2, 0.25) is 0 Å². The van der Waals surface area contributed by atoms with Crippen molar-refractivity contribution in [1.29, 1.82) is 0 Å². The van der Waals surface area contributed by atoms with Crippen molar-refractivity contribution in [3.63, 3.8) is 0 Å². The van der Waals surface area contributed by atoms with Gasteiger partial charge >= 0.3 is 6.01 Å². The normalized spacial score (nSPS) is 11.1. The van der Waals surface area contributed by atoms with E-state index >= 15 is 0 Å². The molecule has 1 rings (SSSR count). The molecular formula is C10H14N2O2. The molecule has 4 nitrogen and oxygen atoms in total. The predicted octanol–water partition coefficient (Wildman–Crippen LogP) is 1.60. The third kappa shape index (κ3) is 2.07. The lowest BCUT2D eigenvalue weighted by molar-refractivity contribution is 0.112. The van der Waals surface area contributed by atoms with Crippen molar-refractivity contribution in [2.75, 3.05) is 7.11 Å². The summed E-state index contributed by atoms with van der Waals surface area (Å²) < 4.78 is 4.91. The number of nitrogens with zero attached hydrogens (tertiary/aromatic N) is 2. The van der Waals surface area contributed by atoms with Gasteiger partial charge in [-0.25, -0.2) is 4.98 Å². The van der Waals surface area contributed by atoms with E-state index in [0.717, 1.165) is 6.29 Å². The molecule has 0 fully saturated rings. The molecule has 0 spiro atoms. The maximum absolute atomic E-state index is 10.8. The van der Waals surface area contributed by atoms with Gasteiger partial charge in [0.1, 0.15) is 0 Å². The van der Waals surface area contributed by atoms with Crippen LogP contribution in [0, 0.1) is 0 Å². The van der Waals surface area contributed by atoms with Gasteiger partial charge in [0.05, 0.1) is 18.4 Å². The monoisotopic (exact) mass is 194 g/mol. The van der Waals surface area contributed by atoms with Gasteiger partial charge in [-0.1, -0.05) is 20.8 Å². The zero-order valence-electron chi connectivity index (χ0n) is 8.87. The molecule has 0 aliphatic rings. The Bertz CT molecular complexity index is 342. The zero-order chi connectivity index (χ0) is 10.8. The molecule has 0 saturated heterocycles. The molecular weight excluding hydrogens is 180 g/mol. The van der Waals surface area contributed by atoms with Crippen molar-refractivity contribution in [2.45, 2.75) is 26.2 Å². The molecule has 0 radical (unpaired) electrons. The van der Waals surface area contributed by atoms with E-state index in [4.69, 9.17) is 4.74 Å². The number of carbonyl (C=O) groups is 1. The van der Waals surface area contributed by atoms with Crippen molar-refractivity contribution >= 4 is 6.29 Å². The summed E-state index contributed by atoms with van der Waals surface area (Å²) in [4.78, 5) is 18.8. The van der Waals surface area contributed by atoms with E-state index in [-0.39, 0.29) is 5.41 Å². The Balaban J connectivity index is 3.29. The SMILES string of the molecule is COc1ncc(C=O)c(C(C)(C)C)n1. The summed E-state index contributed by atoms with van der Waals surface area (Å²) in [6.45, 7) is 5.96. The molecule has 0 aromatic carbocycles. The number of methoxy groups -OCH3 is 1. The summed E-state index contributed by atoms with van der Waals surface area (Å²) in [5.41, 5.74) is 1.03. The number of rotatable bonds is 2. The molecule has 14 heavy (non-hydrogen) atoms. The van der Waals surface area contributed by atoms with Crippen molar-refractivity contribution in [3.8, 4) is 6.01 Å². The van der Waals surface area contributed by atoms with Crippen LogP contribution >= 0.6 is 0 Å². The van der Waals surface area contributed by atoms with E-state index in [0.29, 0.717) is 17.3 Å². The third-order valence-corrected chi connectivity index (χ3v) is 1.81. The Morgan fingerprint density at radius 2 is 2.07 bits per heavy atom. The highest BCUT2D eigenvalue weighted by Gasteiger charge is 2.20. The molecule has 0 unspecified atom stereocenters. The van der Waals surface area contributed by atoms with Crippen molar-refractivity contribution < 1.29 is 9.53 Å². The average Bonchev–Trinajstić information content (AvgIpc) is 2.15. The topological polar surface area (TPSA) is 52.1 Å². The van der Waals surface area contributed by atoms with Crippen LogP contribution in [0.15, 0.2) is 6.20 Å². The molecule has 0 amide bonds. The van der Waals surface area contributed by atoms with Crippen LogP contribution < -0.4 is 4.74 Å². The summed E-state index contributed by atoms with van der Waals surface area (Å²) in [7, 11) is 1.50. The van der Waals surface area contributed by atoms with Gasteiger partial charge in [-0.2, -0.15) is 4.98 Å². The Labute approximate surface area is 83.3 Å². The van der Waals surface area contributed by atoms with E-state index in [2.05, 4.69) is 9.97 Å². The number of aromatic nitrogens is 2. The number of ether oxygens (including phenoxy) is 1. The van der Waals surface area contributed by atoms with E-state index < -0.39 is 0 Å². The first-order valence-electron chi connectivity index (χ1n) is 4.35. The van der Waals surface area contributed by atoms with E-state index in [1.807, 2.05) is 20.8 Å². The maximum atomic E-state index is 10.8. The fourth-order valence-corrected chi connectivity index (χ4v) is 1.16. The number of aldehydes is 1. The largest absolute Gasteiger partial charge is 0.467 e. The molecule has 1 heterocycles. The fourth-order valence-electron chi connectivity index (χ4n) is 1.16. The van der Waals surface area contributed by atoms with Crippen LogP contribution in [0.5, 0.6) is 6.01 Å². The molecule has 76 valence electrons. The minimum absolute atomic E-state index is 0.188. The highest BCUT2D eigenvalue weighted by Crippen LogP contribution is 2.23. The number of hydrogen-bond acceptors (Lipinski definition) is 4. The highest BCUT2D eigenvalue weighted by atomic mass is 16.5. The van der Waals surface area contributed by atoms with Gasteiger partial charge in [-0.3, -0.25) is 4.79 Å². The lowest BCUT2D eigenvalue weighted by Gasteiger charge is -2.19. The van der Waals surface area contributed by atoms with Gasteiger partial charge in [0.25, 0.3) is 0 Å². The standard InChI is InChI=1S/C10H14N2O2/c1-10(2,3)8-7(6-13)5-11-9(12-8)14-4/h5-6H,1-4H3. The molecule has 1 aromatic rings. The zero-order valence-corrected chi connectivity index (χ0v) is 8.87. The van der Waals surface area contributed by atoms with E-state index in [9.17, 15) is 4.79 Å². The van der Waals surface area contributed by atoms with Crippen LogP contribution in [0.1, 0.15) is 36.8 Å². The second kappa shape index (κ2) is 3.74. The second-order valence-electron chi connectivity index (χ2n) is 4.03. The third-order valence-electron chi connectivity index (χ3n) is 1.81. The van der Waals surface area contributed by atoms with E-state index in [1.54, 1.807) is 0 Å². The average molecular weight is 194 g/mol. The van der Waals surface area contributed by atoms with Crippen molar-refractivity contribution in [3.05, 3.63) is 17.5 Å². The quantitative estimate of drug-likeness (QED) is 0.671. The molecule has 0 aliphatic heterocycles. The summed E-state index contributed by atoms with van der Waals surface area (Å²) in [6, 6.07) is 0.292. The van der Waals surface area contributed by atoms with Crippen molar-refractivity contribution in [1.82, 2.24) is 9.97 Å². The van der Waals surface area contributed by atoms with Crippen molar-refractivity contribution in [2.24, 2.45) is 0 Å². The molecule has 1 aromatic heterocycles. The van der Waals surface area contributed by atoms with Crippen LogP contribution in [0.4, 0.5) is 0 Å². The molecule has 0 saturated carbocycles. The molecule has 4 heteroatoms. The summed E-state index contributed by atoms with van der Waals surface area (Å²) >= 11 is 0. The second-order valence-corrected chi connectivity index (χ2v) is 4.03. The van der Waals surface area contributed by atoms with Crippen LogP contribution in [0.3, 0.4) is 0 Å². The van der Waals surface area contributed by atoms with Crippen LogP contribution in [-0.4, -0.2) is 23.4 Å². The Morgan fingerprint density at radius 1 is 1.43 bits per heavy atom. The first-order chi connectivity index (χ1) is 6.49. The van der Waals surface area contributed by atoms with Crippen LogP contribution in [-0.2, 0) is 5.41 Å². The predicted molar refractivity (Wildman–Crippen MR) is 52.7 cm³/mol. The minimum atomic E-state index is -0.188. The van der Waals surface area contributed by atoms with Crippen LogP contribution in [0.25, 0.3) is 0 Å². The van der Waals surface area contributed by atoms with Gasteiger partial charge in [0.15, 0.2) is 6.29 Å². The smallest absolute Gasteiger partial charge is 0.316 e. The molecule has 0 N–H and O–H groups in total. The van der Waals surface area contributed by atoms with Gasteiger partial charge in [0.2, 0.25) is 0 Å². The van der Waals surface area contributed by atoms with Gasteiger partial charge in [-0.15, -0.1) is 0 Å². The molecule has 0 aliphatic carbocycles. The maximum Gasteiger partial charge on any atom is 0.316 e. The van der Waals surface area contributed by atoms with E-state index in [1.165, 1.54) is 13.3 Å². The fraction of sp³-hybridized carbons (Fsp3) is 0.500.